The van der Waals surface area contributed by atoms with Crippen molar-refractivity contribution < 1.29 is 4.79 Å². The van der Waals surface area contributed by atoms with Gasteiger partial charge in [-0.1, -0.05) is 13.3 Å². The highest BCUT2D eigenvalue weighted by Gasteiger charge is 2.17. The summed E-state index contributed by atoms with van der Waals surface area (Å²) in [5, 5.41) is 4.42. The maximum Gasteiger partial charge on any atom is 0.257 e. The third-order valence-electron chi connectivity index (χ3n) is 3.61. The first-order valence-corrected chi connectivity index (χ1v) is 7.58. The number of rotatable bonds is 6. The molecule has 22 heavy (non-hydrogen) atoms. The Labute approximate surface area is 131 Å². The number of aromatic nitrogens is 4. The normalized spacial score (nSPS) is 10.7. The van der Waals surface area contributed by atoms with Gasteiger partial charge in [-0.2, -0.15) is 5.10 Å². The van der Waals surface area contributed by atoms with Crippen LogP contribution in [0, 0.1) is 13.8 Å². The molecule has 0 aliphatic rings. The summed E-state index contributed by atoms with van der Waals surface area (Å²) < 4.78 is 1.92. The van der Waals surface area contributed by atoms with Crippen LogP contribution in [0.25, 0.3) is 0 Å². The van der Waals surface area contributed by atoms with Gasteiger partial charge in [0.2, 0.25) is 0 Å². The molecule has 0 radical (unpaired) electrons. The Morgan fingerprint density at radius 1 is 1.36 bits per heavy atom. The molecule has 6 heteroatoms. The second-order valence-electron chi connectivity index (χ2n) is 5.51. The van der Waals surface area contributed by atoms with Gasteiger partial charge in [0.15, 0.2) is 0 Å². The van der Waals surface area contributed by atoms with Gasteiger partial charge in [-0.3, -0.25) is 9.48 Å². The Balaban J connectivity index is 2.04. The number of hydrogen-bond acceptors (Lipinski definition) is 4. The summed E-state index contributed by atoms with van der Waals surface area (Å²) in [6, 6.07) is 2.03. The average molecular weight is 301 g/mol. The van der Waals surface area contributed by atoms with E-state index < -0.39 is 0 Å². The van der Waals surface area contributed by atoms with E-state index in [0.29, 0.717) is 18.7 Å². The number of aryl methyl sites for hydroxylation is 3. The van der Waals surface area contributed by atoms with Gasteiger partial charge in [0.25, 0.3) is 5.91 Å². The van der Waals surface area contributed by atoms with Gasteiger partial charge in [-0.15, -0.1) is 0 Å². The lowest BCUT2D eigenvalue weighted by Crippen LogP contribution is -2.31. The van der Waals surface area contributed by atoms with Crippen molar-refractivity contribution in [3.63, 3.8) is 0 Å². The molecular weight excluding hydrogens is 278 g/mol. The second kappa shape index (κ2) is 7.15. The van der Waals surface area contributed by atoms with Crippen LogP contribution in [0.4, 0.5) is 0 Å². The van der Waals surface area contributed by atoms with E-state index >= 15 is 0 Å². The summed E-state index contributed by atoms with van der Waals surface area (Å²) in [5.74, 6) is -0.0365. The fraction of sp³-hybridized carbons (Fsp3) is 0.500. The van der Waals surface area contributed by atoms with Crippen LogP contribution in [0.1, 0.15) is 40.8 Å². The van der Waals surface area contributed by atoms with Crippen LogP contribution in [-0.4, -0.2) is 44.1 Å². The molecule has 1 amide bonds. The third kappa shape index (κ3) is 3.69. The molecule has 2 aromatic rings. The second-order valence-corrected chi connectivity index (χ2v) is 5.51. The molecule has 0 saturated carbocycles. The first kappa shape index (κ1) is 16.1. The van der Waals surface area contributed by atoms with Crippen molar-refractivity contribution in [3.8, 4) is 0 Å². The average Bonchev–Trinajstić information content (AvgIpc) is 2.83. The molecular formula is C16H23N5O. The molecule has 0 aliphatic carbocycles. The summed E-state index contributed by atoms with van der Waals surface area (Å²) in [6.45, 7) is 7.34. The molecule has 6 nitrogen and oxygen atoms in total. The van der Waals surface area contributed by atoms with Gasteiger partial charge in [0.05, 0.1) is 23.5 Å². The molecule has 2 aromatic heterocycles. The number of carbonyl (C=O) groups is 1. The van der Waals surface area contributed by atoms with Crippen LogP contribution in [-0.2, 0) is 13.0 Å². The zero-order valence-electron chi connectivity index (χ0n) is 13.7. The topological polar surface area (TPSA) is 63.9 Å². The van der Waals surface area contributed by atoms with Gasteiger partial charge in [-0.05, 0) is 26.3 Å². The van der Waals surface area contributed by atoms with Gasteiger partial charge in [0.1, 0.15) is 6.33 Å². The van der Waals surface area contributed by atoms with E-state index in [4.69, 9.17) is 0 Å². The van der Waals surface area contributed by atoms with Crippen molar-refractivity contribution in [2.45, 2.75) is 40.2 Å². The Morgan fingerprint density at radius 2 is 2.14 bits per heavy atom. The predicted molar refractivity (Wildman–Crippen MR) is 84.7 cm³/mol. The molecule has 0 aliphatic heterocycles. The van der Waals surface area contributed by atoms with E-state index in [1.807, 2.05) is 24.6 Å². The maximum absolute atomic E-state index is 12.6. The van der Waals surface area contributed by atoms with Gasteiger partial charge >= 0.3 is 0 Å². The van der Waals surface area contributed by atoms with Gasteiger partial charge in [-0.25, -0.2) is 9.97 Å². The smallest absolute Gasteiger partial charge is 0.257 e. The van der Waals surface area contributed by atoms with Crippen molar-refractivity contribution in [3.05, 3.63) is 41.2 Å². The Morgan fingerprint density at radius 3 is 2.77 bits per heavy atom. The van der Waals surface area contributed by atoms with E-state index in [2.05, 4.69) is 22.0 Å². The van der Waals surface area contributed by atoms with E-state index in [-0.39, 0.29) is 5.91 Å². The summed E-state index contributed by atoms with van der Waals surface area (Å²) in [4.78, 5) is 22.5. The number of amides is 1. The first-order valence-electron chi connectivity index (χ1n) is 7.58. The monoisotopic (exact) mass is 301 g/mol. The lowest BCUT2D eigenvalue weighted by atomic mass is 10.1. The Hall–Kier alpha value is -2.24. The Kier molecular flexibility index (Phi) is 5.25. The van der Waals surface area contributed by atoms with E-state index in [1.54, 1.807) is 18.1 Å². The van der Waals surface area contributed by atoms with E-state index in [9.17, 15) is 4.79 Å². The predicted octanol–water partition coefficient (Wildman–Crippen LogP) is 2.01. The SMILES string of the molecule is CCCc1ncncc1C(=O)N(C)CCn1nc(C)cc1C. The molecule has 0 atom stereocenters. The van der Waals surface area contributed by atoms with Crippen LogP contribution in [0.15, 0.2) is 18.6 Å². The van der Waals surface area contributed by atoms with Crippen molar-refractivity contribution in [1.82, 2.24) is 24.6 Å². The van der Waals surface area contributed by atoms with Gasteiger partial charge < -0.3 is 4.90 Å². The van der Waals surface area contributed by atoms with Crippen LogP contribution in [0.2, 0.25) is 0 Å². The third-order valence-corrected chi connectivity index (χ3v) is 3.61. The molecule has 118 valence electrons. The highest BCUT2D eigenvalue weighted by molar-refractivity contribution is 5.94. The summed E-state index contributed by atoms with van der Waals surface area (Å²) in [6.07, 6.45) is 4.85. The highest BCUT2D eigenvalue weighted by atomic mass is 16.2. The zero-order chi connectivity index (χ0) is 16.1. The van der Waals surface area contributed by atoms with Crippen LogP contribution in [0.3, 0.4) is 0 Å². The van der Waals surface area contributed by atoms with Crippen molar-refractivity contribution >= 4 is 5.91 Å². The minimum absolute atomic E-state index is 0.0365. The molecule has 0 spiro atoms. The van der Waals surface area contributed by atoms with Crippen LogP contribution >= 0.6 is 0 Å². The minimum Gasteiger partial charge on any atom is -0.340 e. The minimum atomic E-state index is -0.0365. The number of carbonyl (C=O) groups excluding carboxylic acids is 1. The molecule has 0 aromatic carbocycles. The van der Waals surface area contributed by atoms with Crippen LogP contribution in [0.5, 0.6) is 0 Å². The van der Waals surface area contributed by atoms with Crippen LogP contribution < -0.4 is 0 Å². The largest absolute Gasteiger partial charge is 0.340 e. The maximum atomic E-state index is 12.6. The number of hydrogen-bond donors (Lipinski definition) is 0. The molecule has 2 heterocycles. The van der Waals surface area contributed by atoms with Crippen molar-refractivity contribution in [2.75, 3.05) is 13.6 Å². The Bertz CT molecular complexity index is 650. The molecule has 0 fully saturated rings. The molecule has 0 N–H and O–H groups in total. The summed E-state index contributed by atoms with van der Waals surface area (Å²) in [7, 11) is 1.80. The molecule has 0 bridgehead atoms. The lowest BCUT2D eigenvalue weighted by Gasteiger charge is -2.18. The zero-order valence-corrected chi connectivity index (χ0v) is 13.7. The quantitative estimate of drug-likeness (QED) is 0.819. The summed E-state index contributed by atoms with van der Waals surface area (Å²) in [5.41, 5.74) is 3.52. The summed E-state index contributed by atoms with van der Waals surface area (Å²) >= 11 is 0. The van der Waals surface area contributed by atoms with E-state index in [1.165, 1.54) is 6.33 Å². The molecule has 0 unspecified atom stereocenters. The standard InChI is InChI=1S/C16H23N5O/c1-5-6-15-14(10-17-11-18-15)16(22)20(4)7-8-21-13(3)9-12(2)19-21/h9-11H,5-8H2,1-4H3. The molecule has 0 saturated heterocycles. The first-order chi connectivity index (χ1) is 10.5. The lowest BCUT2D eigenvalue weighted by molar-refractivity contribution is 0.0786. The fourth-order valence-electron chi connectivity index (χ4n) is 2.42. The van der Waals surface area contributed by atoms with E-state index in [0.717, 1.165) is 29.9 Å². The highest BCUT2D eigenvalue weighted by Crippen LogP contribution is 2.10. The van der Waals surface area contributed by atoms with Crippen molar-refractivity contribution in [2.24, 2.45) is 0 Å². The van der Waals surface area contributed by atoms with Crippen molar-refractivity contribution in [1.29, 1.82) is 0 Å². The fourth-order valence-corrected chi connectivity index (χ4v) is 2.42. The number of likely N-dealkylation sites (N-methyl/N-ethyl adjacent to an activating group) is 1. The molecule has 2 rings (SSSR count). The van der Waals surface area contributed by atoms with Gasteiger partial charge in [0, 0.05) is 25.5 Å². The number of nitrogens with zero attached hydrogens (tertiary/aromatic N) is 5.